The second-order valence-electron chi connectivity index (χ2n) is 30.9. The molecule has 2 aromatic heterocycles. The van der Waals surface area contributed by atoms with Gasteiger partial charge in [0, 0.05) is 49.5 Å². The summed E-state index contributed by atoms with van der Waals surface area (Å²) in [4.78, 5) is 119. The Balaban J connectivity index is 0.000000380. The zero-order valence-corrected chi connectivity index (χ0v) is 70.3. The third-order valence-electron chi connectivity index (χ3n) is 18.5. The van der Waals surface area contributed by atoms with E-state index in [1.54, 1.807) is 124 Å². The molecule has 0 spiro atoms. The lowest BCUT2D eigenvalue weighted by Gasteiger charge is -2.37. The van der Waals surface area contributed by atoms with Gasteiger partial charge in [0.1, 0.15) is 49.1 Å². The van der Waals surface area contributed by atoms with Crippen LogP contribution in [0.2, 0.25) is 0 Å². The van der Waals surface area contributed by atoms with Crippen molar-refractivity contribution in [3.05, 3.63) is 95.3 Å². The molecule has 34 heteroatoms. The summed E-state index contributed by atoms with van der Waals surface area (Å²) < 4.78 is 108. The number of pyridine rings is 2. The van der Waals surface area contributed by atoms with E-state index in [1.807, 2.05) is 18.2 Å². The van der Waals surface area contributed by atoms with Crippen LogP contribution >= 0.6 is 69.6 Å². The number of alkyl halides is 12. The average Bonchev–Trinajstić information content (AvgIpc) is 0.817. The zero-order chi connectivity index (χ0) is 85.1. The van der Waals surface area contributed by atoms with Gasteiger partial charge < -0.3 is 34.1 Å². The maximum atomic E-state index is 14.8. The lowest BCUT2D eigenvalue weighted by atomic mass is 9.71. The number of allylic oxidation sites excluding steroid dienone is 2. The first-order valence-electron chi connectivity index (χ1n) is 36.4. The molecule has 2 aromatic carbocycles. The minimum Gasteiger partial charge on any atom is -0.481 e. The average molecular weight is 1710 g/mol. The first kappa shape index (κ1) is 97.6. The molecule has 2 saturated heterocycles. The summed E-state index contributed by atoms with van der Waals surface area (Å²) >= 11 is 33.6. The SMILES string of the molecule is CC(=O)O[C@H](C)c1ccc2ccc(/C=C/C(C)(C)[C@H](C[C@H](C(=O)N[C@@H](C)C(=O)N3CCC[C@@H](C(=O)OCC(Cl)(Cl)Cl)N3)C(C)C)C(F)(F)F)cc2n1.CC(=O)O[C@H](C)c1ccc2ccc(/C=C/C(C)(C)[C@H](C[C@H](C(=O)O)C(C)C)C(F)(F)F)cc2n1.C[C@H](CC(=O)OC(C)(C)C)C(=O)N1CCC[C@@H](C(=O)OCC(Cl)(Cl)Cl)N1. The van der Waals surface area contributed by atoms with Gasteiger partial charge in [-0.05, 0) is 138 Å². The molecule has 2 aliphatic heterocycles. The fourth-order valence-corrected chi connectivity index (χ4v) is 12.7. The van der Waals surface area contributed by atoms with Crippen LogP contribution in [0.5, 0.6) is 0 Å². The number of carbonyl (C=O) groups excluding carboxylic acids is 8. The number of esters is 5. The number of amides is 3. The van der Waals surface area contributed by atoms with Crippen LogP contribution in [-0.2, 0) is 66.8 Å². The molecule has 10 atom stereocenters. The lowest BCUT2D eigenvalue weighted by molar-refractivity contribution is -0.203. The normalized spacial score (nSPS) is 17.7. The molecule has 6 rings (SSSR count). The first-order chi connectivity index (χ1) is 51.4. The summed E-state index contributed by atoms with van der Waals surface area (Å²) in [5, 5.41) is 16.2. The van der Waals surface area contributed by atoms with E-state index in [4.69, 9.17) is 93.3 Å². The molecule has 0 unspecified atom stereocenters. The number of hydrogen-bond donors (Lipinski definition) is 4. The van der Waals surface area contributed by atoms with E-state index in [9.17, 15) is 74.6 Å². The lowest BCUT2D eigenvalue weighted by Crippen LogP contribution is -2.60. The molecular formula is C78H103Cl6F6N7O15. The summed E-state index contributed by atoms with van der Waals surface area (Å²) in [5.74, 6) is -12.9. The van der Waals surface area contributed by atoms with Gasteiger partial charge in [-0.2, -0.15) is 26.3 Å². The van der Waals surface area contributed by atoms with Gasteiger partial charge in [0.15, 0.2) is 0 Å². The number of carboxylic acids is 1. The summed E-state index contributed by atoms with van der Waals surface area (Å²) in [6.07, 6.45) is -3.35. The molecule has 4 heterocycles. The topological polar surface area (TPSA) is 288 Å². The predicted molar refractivity (Wildman–Crippen MR) is 418 cm³/mol. The Bertz CT molecular complexity index is 3980. The predicted octanol–water partition coefficient (Wildman–Crippen LogP) is 17.2. The van der Waals surface area contributed by atoms with Gasteiger partial charge in [-0.15, -0.1) is 0 Å². The van der Waals surface area contributed by atoms with Crippen molar-refractivity contribution in [3.8, 4) is 0 Å². The van der Waals surface area contributed by atoms with E-state index >= 15 is 0 Å². The van der Waals surface area contributed by atoms with E-state index in [-0.39, 0.29) is 25.5 Å². The summed E-state index contributed by atoms with van der Waals surface area (Å²) in [6, 6.07) is 15.1. The fraction of sp³-hybridized carbons (Fsp3) is 0.603. The summed E-state index contributed by atoms with van der Waals surface area (Å²) in [5.41, 5.74) is 5.77. The van der Waals surface area contributed by atoms with Crippen LogP contribution in [-0.4, -0.2) is 149 Å². The molecule has 0 aliphatic carbocycles. The molecule has 22 nitrogen and oxygen atoms in total. The van der Waals surface area contributed by atoms with E-state index in [2.05, 4.69) is 26.1 Å². The minimum absolute atomic E-state index is 0.0450. The van der Waals surface area contributed by atoms with E-state index < -0.39 is 175 Å². The second-order valence-corrected chi connectivity index (χ2v) is 35.9. The minimum atomic E-state index is -4.66. The smallest absolute Gasteiger partial charge is 0.392 e. The number of nitrogens with one attached hydrogen (secondary N) is 3. The highest BCUT2D eigenvalue weighted by Crippen LogP contribution is 2.48. The van der Waals surface area contributed by atoms with Crippen LogP contribution in [0.3, 0.4) is 0 Å². The van der Waals surface area contributed by atoms with Gasteiger partial charge in [0.25, 0.3) is 5.91 Å². The Morgan fingerprint density at radius 2 is 0.946 bits per heavy atom. The van der Waals surface area contributed by atoms with E-state index in [0.717, 1.165) is 10.8 Å². The monoisotopic (exact) mass is 1700 g/mol. The summed E-state index contributed by atoms with van der Waals surface area (Å²) in [6.45, 7) is 26.6. The van der Waals surface area contributed by atoms with Gasteiger partial charge in [-0.1, -0.05) is 193 Å². The highest BCUT2D eigenvalue weighted by Gasteiger charge is 2.51. The molecular weight excluding hydrogens is 1600 g/mol. The molecule has 0 radical (unpaired) electrons. The Labute approximate surface area is 680 Å². The van der Waals surface area contributed by atoms with Gasteiger partial charge in [-0.3, -0.25) is 53.2 Å². The van der Waals surface area contributed by atoms with E-state index in [0.29, 0.717) is 65.8 Å². The maximum absolute atomic E-state index is 14.8. The van der Waals surface area contributed by atoms with Gasteiger partial charge >= 0.3 is 48.2 Å². The number of carbonyl (C=O) groups is 9. The second kappa shape index (κ2) is 41.7. The summed E-state index contributed by atoms with van der Waals surface area (Å²) in [7, 11) is 0. The number of halogens is 12. The molecule has 0 bridgehead atoms. The Kier molecular flexibility index (Phi) is 36.3. The van der Waals surface area contributed by atoms with Crippen LogP contribution in [0.25, 0.3) is 34.0 Å². The molecule has 112 heavy (non-hydrogen) atoms. The Morgan fingerprint density at radius 1 is 0.571 bits per heavy atom. The van der Waals surface area contributed by atoms with Crippen molar-refractivity contribution >= 4 is 157 Å². The van der Waals surface area contributed by atoms with Crippen molar-refractivity contribution in [2.45, 2.75) is 219 Å². The number of aliphatic carboxylic acids is 1. The van der Waals surface area contributed by atoms with Crippen molar-refractivity contribution in [2.75, 3.05) is 26.3 Å². The molecule has 624 valence electrons. The van der Waals surface area contributed by atoms with Gasteiger partial charge in [-0.25, -0.2) is 20.8 Å². The highest BCUT2D eigenvalue weighted by molar-refractivity contribution is 6.68. The third kappa shape index (κ3) is 32.5. The molecule has 0 saturated carbocycles. The number of ether oxygens (including phenoxy) is 5. The standard InChI is InChI=1S/C36H46Cl3F3N4O6.C26H32F3NO4.C16H25Cl3N2O5/c1-20(2)26(31(48)43-21(3)32(49)46-16-8-9-28(45-46)33(50)51-19-35(37,38)39)18-30(36(40,41)42)34(6,7)15-14-24-10-11-25-12-13-27(44-29(25)17-24)22(4)52-23(5)47;1-15(2)20(24(32)33)14-23(26(27,28)29)25(5,6)12-11-18-7-8-19-9-10-21(30-22(19)13-18)16(3)34-17(4)31;1-10(8-12(22)26-15(2,3)4)13(23)21-7-5-6-11(20-21)14(24)25-9-16(17,18)19/h10-15,17,20-22,26,28,30,45H,8-9,16,18-19H2,1-7H3,(H,43,48);7-13,15-16,20,23H,14H2,1-6H3,(H,32,33);10-11,20H,5-9H2,1-4H3/b15-14+;12-11+;/t21-,22+,26-,28-,30-;16-,20+,23+;10-,11+/m011/s1. The molecule has 3 amide bonds. The zero-order valence-electron chi connectivity index (χ0n) is 65.8. The first-order valence-corrected chi connectivity index (χ1v) is 38.7. The molecule has 4 N–H and O–H groups in total. The third-order valence-corrected chi connectivity index (χ3v) is 19.2. The molecule has 2 fully saturated rings. The number of benzene rings is 2. The van der Waals surface area contributed by atoms with Crippen molar-refractivity contribution in [3.63, 3.8) is 0 Å². The van der Waals surface area contributed by atoms with Crippen molar-refractivity contribution in [1.82, 2.24) is 36.2 Å². The number of fused-ring (bicyclic) bond motifs is 2. The Morgan fingerprint density at radius 3 is 1.29 bits per heavy atom. The van der Waals surface area contributed by atoms with E-state index in [1.165, 1.54) is 70.6 Å². The van der Waals surface area contributed by atoms with Crippen LogP contribution in [0.4, 0.5) is 26.3 Å². The van der Waals surface area contributed by atoms with Crippen LogP contribution in [0.15, 0.2) is 72.8 Å². The van der Waals surface area contributed by atoms with Crippen molar-refractivity contribution in [1.29, 1.82) is 0 Å². The molecule has 2 aliphatic rings. The van der Waals surface area contributed by atoms with Gasteiger partial charge in [0.2, 0.25) is 19.4 Å². The van der Waals surface area contributed by atoms with Crippen LogP contribution in [0.1, 0.15) is 197 Å². The van der Waals surface area contributed by atoms with Crippen LogP contribution < -0.4 is 16.2 Å². The number of nitrogens with zero attached hydrogens (tertiary/aromatic N) is 4. The largest absolute Gasteiger partial charge is 0.481 e. The van der Waals surface area contributed by atoms with Crippen molar-refractivity contribution < 1.29 is 98.3 Å². The molecule has 4 aromatic rings. The Hall–Kier alpha value is -6.79. The van der Waals surface area contributed by atoms with Gasteiger partial charge in [0.05, 0.1) is 46.6 Å². The number of hydrazine groups is 2. The number of hydrogen-bond acceptors (Lipinski definition) is 18. The fourth-order valence-electron chi connectivity index (χ4n) is 12.3. The quantitative estimate of drug-likeness (QED) is 0.0187. The number of aromatic nitrogens is 2. The van der Waals surface area contributed by atoms with Crippen molar-refractivity contribution in [2.24, 2.45) is 52.3 Å². The number of carboxylic acid groups (broad SMARTS) is 1. The maximum Gasteiger partial charge on any atom is 0.392 e. The number of rotatable bonds is 27. The van der Waals surface area contributed by atoms with Crippen LogP contribution in [0, 0.1) is 52.3 Å². The highest BCUT2D eigenvalue weighted by atomic mass is 35.6.